The van der Waals surface area contributed by atoms with Gasteiger partial charge < -0.3 is 44.3 Å². The fraction of sp³-hybridized carbons (Fsp3) is 0.316. The van der Waals surface area contributed by atoms with Gasteiger partial charge in [-0.2, -0.15) is 31.6 Å². The lowest BCUT2D eigenvalue weighted by atomic mass is 10.1. The number of pyridine rings is 1. The second kappa shape index (κ2) is 25.8. The Morgan fingerprint density at radius 3 is 2.13 bits per heavy atom. The van der Waals surface area contributed by atoms with Gasteiger partial charge in [0, 0.05) is 45.3 Å². The minimum Gasteiger partial charge on any atom is -0.481 e. The highest BCUT2D eigenvalue weighted by Crippen LogP contribution is 2.38. The van der Waals surface area contributed by atoms with Crippen LogP contribution in [-0.4, -0.2) is 133 Å². The number of nitrogens with one attached hydrogen (secondary N) is 2. The number of aliphatic carboxylic acids is 1. The van der Waals surface area contributed by atoms with E-state index < -0.39 is 92.8 Å². The molecule has 0 aliphatic rings. The van der Waals surface area contributed by atoms with Crippen molar-refractivity contribution in [2.24, 2.45) is 5.73 Å². The minimum absolute atomic E-state index is 0.0412. The number of rotatable bonds is 17. The predicted octanol–water partition coefficient (Wildman–Crippen LogP) is 4.57. The molecule has 0 saturated heterocycles. The van der Waals surface area contributed by atoms with Gasteiger partial charge in [0.15, 0.2) is 19.0 Å². The highest BCUT2D eigenvalue weighted by Gasteiger charge is 2.32. The van der Waals surface area contributed by atoms with Crippen LogP contribution in [0.5, 0.6) is 23.3 Å². The highest BCUT2D eigenvalue weighted by molar-refractivity contribution is 7.90. The first-order valence-electron chi connectivity index (χ1n) is 18.9. The number of carbonyl (C=O) groups is 5. The number of amides is 3. The third-order valence-electron chi connectivity index (χ3n) is 7.88. The normalized spacial score (nSPS) is 12.1. The van der Waals surface area contributed by atoms with Gasteiger partial charge in [-0.1, -0.05) is 11.6 Å². The number of nitro benzene ring substituents is 1. The largest absolute Gasteiger partial charge is 0.481 e. The summed E-state index contributed by atoms with van der Waals surface area (Å²) in [6.07, 6.45) is -3.42. The van der Waals surface area contributed by atoms with E-state index in [0.29, 0.717) is 6.07 Å². The van der Waals surface area contributed by atoms with Crippen LogP contribution in [0.25, 0.3) is 0 Å². The number of halogens is 4. The van der Waals surface area contributed by atoms with E-state index in [1.165, 1.54) is 71.2 Å². The molecule has 69 heavy (non-hydrogen) atoms. The zero-order valence-electron chi connectivity index (χ0n) is 36.9. The first kappa shape index (κ1) is 57.9. The lowest BCUT2D eigenvalue weighted by Crippen LogP contribution is -2.36. The number of nitrogens with zero attached hydrogens (tertiary/aromatic N) is 5. The zero-order valence-corrected chi connectivity index (χ0v) is 39.3. The molecule has 2 atom stereocenters. The van der Waals surface area contributed by atoms with Crippen molar-refractivity contribution >= 4 is 70.5 Å². The topological polar surface area (TPSA) is 358 Å². The van der Waals surface area contributed by atoms with Crippen LogP contribution < -0.4 is 30.0 Å². The monoisotopic (exact) mass is 1040 g/mol. The molecule has 25 nitrogen and oxygen atoms in total. The molecule has 0 fully saturated rings. The van der Waals surface area contributed by atoms with Gasteiger partial charge in [-0.15, -0.1) is 0 Å². The molecule has 376 valence electrons. The molecule has 6 N–H and O–H groups in total. The molecule has 2 aromatic carbocycles. The number of alkyl halides is 3. The second-order valence-corrected chi connectivity index (χ2v) is 18.0. The van der Waals surface area contributed by atoms with Crippen LogP contribution in [0.1, 0.15) is 39.6 Å². The maximum absolute atomic E-state index is 12.7. The van der Waals surface area contributed by atoms with Crippen LogP contribution in [0.4, 0.5) is 29.6 Å². The van der Waals surface area contributed by atoms with Gasteiger partial charge >= 0.3 is 30.1 Å². The third-order valence-corrected chi connectivity index (χ3v) is 10.6. The molecule has 31 heteroatoms. The molecule has 2 aromatic heterocycles. The van der Waals surface area contributed by atoms with E-state index in [4.69, 9.17) is 46.3 Å². The number of hydrogen-bond donors (Lipinski definition) is 5. The number of methoxy groups -OCH3 is 2. The molecule has 0 spiro atoms. The Morgan fingerprint density at radius 1 is 1.00 bits per heavy atom. The van der Waals surface area contributed by atoms with Crippen LogP contribution in [0.3, 0.4) is 0 Å². The first-order valence-corrected chi connectivity index (χ1v) is 23.1. The van der Waals surface area contributed by atoms with E-state index in [1.54, 1.807) is 4.72 Å². The number of benzene rings is 2. The van der Waals surface area contributed by atoms with Gasteiger partial charge in [-0.05, 0) is 49.7 Å². The number of esters is 2. The Bertz CT molecular complexity index is 2660. The second-order valence-electron chi connectivity index (χ2n) is 13.5. The van der Waals surface area contributed by atoms with E-state index in [0.717, 1.165) is 30.3 Å². The standard InChI is InChI=1S/C18H13ClF3NO7.C15H18N6O6S.C5H12NO4P/c1-2-28-16(24)9-29-17(25)12-8-11(4-5-14(12)23(26)27)30-15-6-3-10(7-13(15)19)18(20,21)22;1-21(2)13(22)9-6-5-7-16-12(9)28(24,25)20-15(23)19-14-17-10(26-3)8-11(18-14)27-4;1-11(9,10)3-2-4(6)5(7)8/h3-8H,2,9H2,1H3;5-8H,1-4H3,(H2,17,18,19,20,23);4H,2-3,6H2,1H3,(H,7,8)(H,9,10). The van der Waals surface area contributed by atoms with E-state index in [-0.39, 0.29) is 59.0 Å². The minimum atomic E-state index is -4.61. The van der Waals surface area contributed by atoms with Crippen molar-refractivity contribution in [1.29, 1.82) is 0 Å². The maximum atomic E-state index is 12.7. The molecule has 0 aliphatic carbocycles. The number of carbonyl (C=O) groups excluding carboxylic acids is 4. The SMILES string of the molecule is CCOC(=O)COC(=O)c1cc(Oc2ccc(C(F)(F)F)cc2Cl)ccc1[N+](=O)[O-].COc1cc(OC)nc(NC(=O)NS(=O)(=O)c2ncccc2C(=O)N(C)C)n1.CP(=O)(O)CCC(N)C(=O)O. The van der Waals surface area contributed by atoms with E-state index in [1.807, 2.05) is 0 Å². The van der Waals surface area contributed by atoms with Crippen molar-refractivity contribution in [2.75, 3.05) is 59.7 Å². The number of aromatic nitrogens is 3. The molecular weight excluding hydrogens is 996 g/mol. The number of hydrogen-bond acceptors (Lipinski definition) is 19. The maximum Gasteiger partial charge on any atom is 0.416 e. The molecule has 4 aromatic rings. The Labute approximate surface area is 394 Å². The van der Waals surface area contributed by atoms with Gasteiger partial charge in [-0.3, -0.25) is 29.6 Å². The first-order chi connectivity index (χ1) is 32.0. The van der Waals surface area contributed by atoms with Crippen molar-refractivity contribution < 1.29 is 88.7 Å². The summed E-state index contributed by atoms with van der Waals surface area (Å²) in [5.41, 5.74) is 2.74. The molecule has 2 heterocycles. The number of urea groups is 1. The van der Waals surface area contributed by atoms with Gasteiger partial charge in [0.1, 0.15) is 23.1 Å². The van der Waals surface area contributed by atoms with Crippen molar-refractivity contribution in [1.82, 2.24) is 24.6 Å². The Balaban J connectivity index is 0.000000391. The Morgan fingerprint density at radius 2 is 1.62 bits per heavy atom. The average molecular weight is 1040 g/mol. The fourth-order valence-corrected chi connectivity index (χ4v) is 6.68. The summed E-state index contributed by atoms with van der Waals surface area (Å²) in [6.45, 7) is 2.01. The summed E-state index contributed by atoms with van der Waals surface area (Å²) in [5.74, 6) is -4.16. The summed E-state index contributed by atoms with van der Waals surface area (Å²) in [5, 5.41) is 20.6. The quantitative estimate of drug-likeness (QED) is 0.0418. The molecule has 3 amide bonds. The van der Waals surface area contributed by atoms with Crippen LogP contribution >= 0.6 is 19.0 Å². The number of ether oxygens (including phenoxy) is 5. The lowest BCUT2D eigenvalue weighted by Gasteiger charge is -2.14. The fourth-order valence-electron chi connectivity index (χ4n) is 4.67. The zero-order chi connectivity index (χ0) is 52.4. The summed E-state index contributed by atoms with van der Waals surface area (Å²) < 4.78 is 100. The van der Waals surface area contributed by atoms with Gasteiger partial charge in [0.25, 0.3) is 21.6 Å². The number of nitro groups is 1. The van der Waals surface area contributed by atoms with Crippen molar-refractivity contribution in [3.8, 4) is 23.3 Å². The van der Waals surface area contributed by atoms with Crippen LogP contribution in [0, 0.1) is 10.1 Å². The van der Waals surface area contributed by atoms with E-state index in [9.17, 15) is 60.2 Å². The van der Waals surface area contributed by atoms with Crippen molar-refractivity contribution in [3.05, 3.63) is 92.6 Å². The number of sulfonamides is 1. The summed E-state index contributed by atoms with van der Waals surface area (Å²) in [6, 6.07) is 7.22. The average Bonchev–Trinajstić information content (AvgIpc) is 3.27. The van der Waals surface area contributed by atoms with Gasteiger partial charge in [-0.25, -0.2) is 24.1 Å². The third kappa shape index (κ3) is 19.1. The molecule has 0 bridgehead atoms. The molecular formula is C38H43ClF3N8O17PS. The summed E-state index contributed by atoms with van der Waals surface area (Å²) in [4.78, 5) is 89.6. The summed E-state index contributed by atoms with van der Waals surface area (Å²) in [7, 11) is -1.95. The molecule has 0 radical (unpaired) electrons. The predicted molar refractivity (Wildman–Crippen MR) is 234 cm³/mol. The number of anilines is 1. The Kier molecular flexibility index (Phi) is 21.7. The molecule has 0 aliphatic heterocycles. The summed E-state index contributed by atoms with van der Waals surface area (Å²) >= 11 is 5.81. The smallest absolute Gasteiger partial charge is 0.416 e. The van der Waals surface area contributed by atoms with Crippen LogP contribution in [0.2, 0.25) is 5.02 Å². The Hall–Kier alpha value is -7.20. The van der Waals surface area contributed by atoms with Gasteiger partial charge in [0.05, 0.1) is 48.0 Å². The molecule has 0 saturated carbocycles. The number of carboxylic acids is 1. The molecule has 4 rings (SSSR count). The molecule has 2 unspecified atom stereocenters. The highest BCUT2D eigenvalue weighted by atomic mass is 35.5. The number of carboxylic acid groups (broad SMARTS) is 1. The lowest BCUT2D eigenvalue weighted by molar-refractivity contribution is -0.385. The van der Waals surface area contributed by atoms with Crippen LogP contribution in [-0.2, 0) is 39.8 Å². The van der Waals surface area contributed by atoms with Crippen molar-refractivity contribution in [3.63, 3.8) is 0 Å². The van der Waals surface area contributed by atoms with Gasteiger partial charge in [0.2, 0.25) is 17.7 Å². The van der Waals surface area contributed by atoms with Crippen LogP contribution in [0.15, 0.2) is 65.8 Å². The number of nitrogens with two attached hydrogens (primary N) is 1. The van der Waals surface area contributed by atoms with E-state index in [2.05, 4.69) is 25.0 Å². The van der Waals surface area contributed by atoms with Crippen molar-refractivity contribution in [2.45, 2.75) is 30.6 Å². The van der Waals surface area contributed by atoms with E-state index >= 15 is 0 Å².